The van der Waals surface area contributed by atoms with Crippen LogP contribution in [0.3, 0.4) is 0 Å². The van der Waals surface area contributed by atoms with E-state index in [2.05, 4.69) is 4.57 Å². The molecule has 0 saturated carbocycles. The van der Waals surface area contributed by atoms with Crippen LogP contribution in [0.4, 0.5) is 0 Å². The standard InChI is InChI=1S/C18H23NO5S/c1-10(2)24-13-8-14-17(15(9-13)25(4,22)23)11(3)18-12(7-16(20)21)5-6-19(14)18/h8-10,12H,5-7H2,1-4H3,(H,20,21). The molecule has 6 nitrogen and oxygen atoms in total. The Balaban J connectivity index is 2.30. The van der Waals surface area contributed by atoms with Crippen LogP contribution in [0.1, 0.15) is 43.9 Å². The highest BCUT2D eigenvalue weighted by Gasteiger charge is 2.32. The minimum absolute atomic E-state index is 0.0563. The zero-order chi connectivity index (χ0) is 18.5. The second kappa shape index (κ2) is 6.05. The van der Waals surface area contributed by atoms with Crippen LogP contribution in [0.2, 0.25) is 0 Å². The van der Waals surface area contributed by atoms with Gasteiger partial charge in [-0.1, -0.05) is 0 Å². The van der Waals surface area contributed by atoms with Crippen LogP contribution in [0.15, 0.2) is 17.0 Å². The zero-order valence-electron chi connectivity index (χ0n) is 14.9. The van der Waals surface area contributed by atoms with Crippen LogP contribution in [0.25, 0.3) is 10.9 Å². The average molecular weight is 365 g/mol. The number of ether oxygens (including phenoxy) is 1. The number of carbonyl (C=O) groups is 1. The molecule has 0 aliphatic carbocycles. The number of aryl methyl sites for hydroxylation is 2. The van der Waals surface area contributed by atoms with E-state index in [4.69, 9.17) is 9.84 Å². The van der Waals surface area contributed by atoms with Gasteiger partial charge in [0, 0.05) is 35.9 Å². The van der Waals surface area contributed by atoms with Crippen LogP contribution < -0.4 is 4.74 Å². The summed E-state index contributed by atoms with van der Waals surface area (Å²) in [6.07, 6.45) is 1.93. The number of hydrogen-bond acceptors (Lipinski definition) is 4. The molecule has 0 fully saturated rings. The molecule has 0 bridgehead atoms. The molecule has 1 aliphatic heterocycles. The average Bonchev–Trinajstić information content (AvgIpc) is 2.97. The van der Waals surface area contributed by atoms with Crippen molar-refractivity contribution < 1.29 is 23.1 Å². The highest BCUT2D eigenvalue weighted by molar-refractivity contribution is 7.91. The summed E-state index contributed by atoms with van der Waals surface area (Å²) in [7, 11) is -3.45. The topological polar surface area (TPSA) is 85.6 Å². The van der Waals surface area contributed by atoms with Crippen molar-refractivity contribution in [1.29, 1.82) is 0 Å². The maximum absolute atomic E-state index is 12.4. The SMILES string of the molecule is Cc1c2n(c3cc(OC(C)C)cc(S(C)(=O)=O)c13)CCC2CC(=O)O. The van der Waals surface area contributed by atoms with Gasteiger partial charge in [-0.05, 0) is 38.8 Å². The normalized spacial score (nSPS) is 17.2. The van der Waals surface area contributed by atoms with E-state index in [0.29, 0.717) is 17.7 Å². The van der Waals surface area contributed by atoms with E-state index in [-0.39, 0.29) is 23.3 Å². The Morgan fingerprint density at radius 2 is 2.08 bits per heavy atom. The number of fused-ring (bicyclic) bond motifs is 3. The molecule has 7 heteroatoms. The molecule has 0 radical (unpaired) electrons. The van der Waals surface area contributed by atoms with Gasteiger partial charge in [-0.3, -0.25) is 4.79 Å². The van der Waals surface area contributed by atoms with Crippen molar-refractivity contribution in [2.45, 2.75) is 57.1 Å². The molecule has 1 atom stereocenters. The minimum Gasteiger partial charge on any atom is -0.491 e. The molecule has 2 heterocycles. The molecule has 0 amide bonds. The summed E-state index contributed by atoms with van der Waals surface area (Å²) in [6, 6.07) is 3.44. The molecule has 3 rings (SSSR count). The second-order valence-electron chi connectivity index (χ2n) is 7.00. The van der Waals surface area contributed by atoms with Gasteiger partial charge in [0.15, 0.2) is 9.84 Å². The fourth-order valence-corrected chi connectivity index (χ4v) is 4.82. The molecule has 1 aromatic carbocycles. The van der Waals surface area contributed by atoms with E-state index in [0.717, 1.165) is 23.2 Å². The van der Waals surface area contributed by atoms with E-state index in [1.165, 1.54) is 6.26 Å². The molecule has 1 N–H and O–H groups in total. The number of benzene rings is 1. The molecule has 0 spiro atoms. The molecule has 1 aliphatic rings. The lowest BCUT2D eigenvalue weighted by atomic mass is 9.97. The first kappa shape index (κ1) is 17.8. The van der Waals surface area contributed by atoms with Gasteiger partial charge in [-0.15, -0.1) is 0 Å². The Morgan fingerprint density at radius 3 is 2.64 bits per heavy atom. The number of sulfone groups is 1. The number of carboxylic acid groups (broad SMARTS) is 1. The van der Waals surface area contributed by atoms with Gasteiger partial charge in [0.1, 0.15) is 5.75 Å². The summed E-state index contributed by atoms with van der Waals surface area (Å²) in [5, 5.41) is 9.85. The largest absolute Gasteiger partial charge is 0.491 e. The number of rotatable bonds is 5. The minimum atomic E-state index is -3.45. The lowest BCUT2D eigenvalue weighted by molar-refractivity contribution is -0.137. The first-order chi connectivity index (χ1) is 11.6. The smallest absolute Gasteiger partial charge is 0.304 e. The Kier molecular flexibility index (Phi) is 4.31. The Morgan fingerprint density at radius 1 is 1.40 bits per heavy atom. The van der Waals surface area contributed by atoms with Gasteiger partial charge >= 0.3 is 5.97 Å². The van der Waals surface area contributed by atoms with E-state index >= 15 is 0 Å². The Bertz CT molecular complexity index is 956. The summed E-state index contributed by atoms with van der Waals surface area (Å²) >= 11 is 0. The first-order valence-corrected chi connectivity index (χ1v) is 10.2. The van der Waals surface area contributed by atoms with E-state index in [1.54, 1.807) is 6.07 Å². The van der Waals surface area contributed by atoms with Gasteiger partial charge in [0.25, 0.3) is 0 Å². The van der Waals surface area contributed by atoms with Crippen molar-refractivity contribution in [3.63, 3.8) is 0 Å². The molecular weight excluding hydrogens is 342 g/mol. The number of hydrogen-bond donors (Lipinski definition) is 1. The van der Waals surface area contributed by atoms with Gasteiger partial charge in [-0.2, -0.15) is 0 Å². The first-order valence-electron chi connectivity index (χ1n) is 8.34. The maximum Gasteiger partial charge on any atom is 0.304 e. The predicted molar refractivity (Wildman–Crippen MR) is 95.2 cm³/mol. The van der Waals surface area contributed by atoms with Crippen molar-refractivity contribution >= 4 is 26.7 Å². The van der Waals surface area contributed by atoms with Crippen LogP contribution in [-0.4, -0.2) is 36.4 Å². The second-order valence-corrected chi connectivity index (χ2v) is 8.98. The fourth-order valence-electron chi connectivity index (χ4n) is 3.86. The van der Waals surface area contributed by atoms with E-state index < -0.39 is 15.8 Å². The number of nitrogens with zero attached hydrogens (tertiary/aromatic N) is 1. The van der Waals surface area contributed by atoms with E-state index in [9.17, 15) is 13.2 Å². The van der Waals surface area contributed by atoms with Crippen molar-refractivity contribution in [3.05, 3.63) is 23.4 Å². The van der Waals surface area contributed by atoms with Crippen molar-refractivity contribution in [3.8, 4) is 5.75 Å². The van der Waals surface area contributed by atoms with Gasteiger partial charge < -0.3 is 14.4 Å². The molecule has 2 aromatic rings. The molecule has 0 saturated heterocycles. The molecule has 1 unspecified atom stereocenters. The van der Waals surface area contributed by atoms with Gasteiger partial charge in [0.05, 0.1) is 22.9 Å². The Hall–Kier alpha value is -2.02. The summed E-state index contributed by atoms with van der Waals surface area (Å²) in [5.41, 5.74) is 2.60. The van der Waals surface area contributed by atoms with E-state index in [1.807, 2.05) is 26.8 Å². The Labute approximate surface area is 147 Å². The zero-order valence-corrected chi connectivity index (χ0v) is 15.7. The number of aromatic nitrogens is 1. The fraction of sp³-hybridized carbons (Fsp3) is 0.500. The van der Waals surface area contributed by atoms with Crippen molar-refractivity contribution in [1.82, 2.24) is 4.57 Å². The summed E-state index contributed by atoms with van der Waals surface area (Å²) < 4.78 is 32.5. The van der Waals surface area contributed by atoms with Crippen molar-refractivity contribution in [2.24, 2.45) is 0 Å². The number of carboxylic acids is 1. The molecule has 25 heavy (non-hydrogen) atoms. The maximum atomic E-state index is 12.4. The highest BCUT2D eigenvalue weighted by Crippen LogP contribution is 2.43. The lowest BCUT2D eigenvalue weighted by Crippen LogP contribution is -2.07. The lowest BCUT2D eigenvalue weighted by Gasteiger charge is -2.13. The summed E-state index contributed by atoms with van der Waals surface area (Å²) in [5.74, 6) is -0.410. The predicted octanol–water partition coefficient (Wildman–Crippen LogP) is 3.10. The third-order valence-electron chi connectivity index (χ3n) is 4.68. The van der Waals surface area contributed by atoms with Crippen LogP contribution in [-0.2, 0) is 21.2 Å². The molecular formula is C18H23NO5S. The van der Waals surface area contributed by atoms with Crippen molar-refractivity contribution in [2.75, 3.05) is 6.26 Å². The van der Waals surface area contributed by atoms with Gasteiger partial charge in [0.2, 0.25) is 0 Å². The molecule has 136 valence electrons. The third-order valence-corrected chi connectivity index (χ3v) is 5.80. The monoisotopic (exact) mass is 365 g/mol. The van der Waals surface area contributed by atoms with Crippen LogP contribution in [0, 0.1) is 6.92 Å². The molecule has 1 aromatic heterocycles. The summed E-state index contributed by atoms with van der Waals surface area (Å²) in [6.45, 7) is 6.35. The van der Waals surface area contributed by atoms with Gasteiger partial charge in [-0.25, -0.2) is 8.42 Å². The van der Waals surface area contributed by atoms with Crippen LogP contribution >= 0.6 is 0 Å². The number of aliphatic carboxylic acids is 1. The van der Waals surface area contributed by atoms with Crippen LogP contribution in [0.5, 0.6) is 5.75 Å². The highest BCUT2D eigenvalue weighted by atomic mass is 32.2. The third kappa shape index (κ3) is 3.13. The quantitative estimate of drug-likeness (QED) is 0.880. The summed E-state index contributed by atoms with van der Waals surface area (Å²) in [4.78, 5) is 11.4.